The van der Waals surface area contributed by atoms with Crippen molar-refractivity contribution in [1.82, 2.24) is 9.97 Å². The number of carbonyl (C=O) groups is 1. The number of piperidine rings is 1. The fraction of sp³-hybridized carbons (Fsp3) is 0.476. The number of halogens is 2. The highest BCUT2D eigenvalue weighted by atomic mass is 35.5. The van der Waals surface area contributed by atoms with Crippen molar-refractivity contribution >= 4 is 46.3 Å². The van der Waals surface area contributed by atoms with E-state index in [2.05, 4.69) is 20.2 Å². The summed E-state index contributed by atoms with van der Waals surface area (Å²) < 4.78 is 0. The number of hydrogen-bond donors (Lipinski definition) is 3. The van der Waals surface area contributed by atoms with Crippen LogP contribution in [0.5, 0.6) is 0 Å². The van der Waals surface area contributed by atoms with E-state index in [1.54, 1.807) is 18.2 Å². The first-order chi connectivity index (χ1) is 14.5. The maximum absolute atomic E-state index is 12.5. The van der Waals surface area contributed by atoms with Gasteiger partial charge in [0.05, 0.1) is 6.54 Å². The SMILES string of the molecule is Nc1ncnc(N2CCC[C@@H](CC(=O)CNc3cc(Cl)cc(Cl)c3)C2)c1CCCO. The first-order valence-electron chi connectivity index (χ1n) is 10.1. The van der Waals surface area contributed by atoms with Crippen LogP contribution in [0.1, 0.15) is 31.2 Å². The number of nitrogens with two attached hydrogens (primary N) is 1. The normalized spacial score (nSPS) is 16.5. The molecule has 1 aromatic heterocycles. The highest BCUT2D eigenvalue weighted by molar-refractivity contribution is 6.35. The Hall–Kier alpha value is -2.09. The zero-order chi connectivity index (χ0) is 21.5. The van der Waals surface area contributed by atoms with Crippen LogP contribution >= 0.6 is 23.2 Å². The fourth-order valence-electron chi connectivity index (χ4n) is 3.86. The lowest BCUT2D eigenvalue weighted by atomic mass is 9.92. The molecule has 1 aromatic carbocycles. The van der Waals surface area contributed by atoms with Gasteiger partial charge in [-0.05, 0) is 49.8 Å². The summed E-state index contributed by atoms with van der Waals surface area (Å²) in [6, 6.07) is 5.15. The minimum absolute atomic E-state index is 0.0930. The molecule has 1 aliphatic heterocycles. The van der Waals surface area contributed by atoms with E-state index < -0.39 is 0 Å². The number of nitrogens with zero attached hydrogens (tertiary/aromatic N) is 3. The van der Waals surface area contributed by atoms with E-state index in [0.29, 0.717) is 35.1 Å². The fourth-order valence-corrected chi connectivity index (χ4v) is 4.39. The first-order valence-corrected chi connectivity index (χ1v) is 10.9. The van der Waals surface area contributed by atoms with Gasteiger partial charge in [-0.1, -0.05) is 23.2 Å². The van der Waals surface area contributed by atoms with Crippen molar-refractivity contribution in [2.75, 3.05) is 42.2 Å². The second kappa shape index (κ2) is 10.8. The predicted molar refractivity (Wildman–Crippen MR) is 121 cm³/mol. The van der Waals surface area contributed by atoms with Gasteiger partial charge in [0.15, 0.2) is 5.78 Å². The predicted octanol–water partition coefficient (Wildman–Crippen LogP) is 3.58. The molecule has 9 heteroatoms. The standard InChI is InChI=1S/C21H27Cl2N5O2/c22-15-8-16(23)10-17(9-15)25-11-18(30)7-14-3-1-5-28(12-14)21-19(4-2-6-29)20(24)26-13-27-21/h8-10,13-14,25,29H,1-7,11-12H2,(H2,24,26,27)/t14-/m0/s1. The number of rotatable bonds is 9. The lowest BCUT2D eigenvalue weighted by Crippen LogP contribution is -2.38. The number of nitrogen functional groups attached to an aromatic ring is 1. The second-order valence-corrected chi connectivity index (χ2v) is 8.47. The zero-order valence-corrected chi connectivity index (χ0v) is 18.3. The van der Waals surface area contributed by atoms with Crippen LogP contribution in [-0.2, 0) is 11.2 Å². The number of anilines is 3. The van der Waals surface area contributed by atoms with Crippen molar-refractivity contribution in [1.29, 1.82) is 0 Å². The lowest BCUT2D eigenvalue weighted by molar-refractivity contribution is -0.118. The summed E-state index contributed by atoms with van der Waals surface area (Å²) in [4.78, 5) is 23.3. The summed E-state index contributed by atoms with van der Waals surface area (Å²) in [5.41, 5.74) is 7.67. The molecule has 30 heavy (non-hydrogen) atoms. The molecule has 4 N–H and O–H groups in total. The third-order valence-electron chi connectivity index (χ3n) is 5.23. The molecule has 0 saturated carbocycles. The second-order valence-electron chi connectivity index (χ2n) is 7.60. The number of aliphatic hydroxyl groups is 1. The van der Waals surface area contributed by atoms with Gasteiger partial charge in [-0.15, -0.1) is 0 Å². The number of carbonyl (C=O) groups excluding carboxylic acids is 1. The van der Waals surface area contributed by atoms with Crippen LogP contribution in [0.15, 0.2) is 24.5 Å². The quantitative estimate of drug-likeness (QED) is 0.534. The van der Waals surface area contributed by atoms with Gasteiger partial charge < -0.3 is 21.1 Å². The van der Waals surface area contributed by atoms with Crippen LogP contribution < -0.4 is 16.0 Å². The molecule has 0 spiro atoms. The summed E-state index contributed by atoms with van der Waals surface area (Å²) >= 11 is 12.0. The Morgan fingerprint density at radius 2 is 2.03 bits per heavy atom. The Morgan fingerprint density at radius 3 is 2.77 bits per heavy atom. The van der Waals surface area contributed by atoms with E-state index in [1.807, 2.05) is 0 Å². The molecule has 0 bridgehead atoms. The van der Waals surface area contributed by atoms with Gasteiger partial charge in [-0.25, -0.2) is 9.97 Å². The summed E-state index contributed by atoms with van der Waals surface area (Å²) in [7, 11) is 0. The lowest BCUT2D eigenvalue weighted by Gasteiger charge is -2.34. The molecule has 7 nitrogen and oxygen atoms in total. The van der Waals surface area contributed by atoms with Crippen LogP contribution in [0.4, 0.5) is 17.3 Å². The average molecular weight is 452 g/mol. The minimum Gasteiger partial charge on any atom is -0.396 e. The molecule has 1 atom stereocenters. The Bertz CT molecular complexity index is 860. The molecule has 3 rings (SSSR count). The van der Waals surface area contributed by atoms with Crippen LogP contribution in [0.3, 0.4) is 0 Å². The van der Waals surface area contributed by atoms with Crippen molar-refractivity contribution in [3.8, 4) is 0 Å². The molecule has 2 aromatic rings. The maximum Gasteiger partial charge on any atom is 0.152 e. The summed E-state index contributed by atoms with van der Waals surface area (Å²) in [6.45, 7) is 1.94. The number of aromatic nitrogens is 2. The Labute approximate surface area is 186 Å². The largest absolute Gasteiger partial charge is 0.396 e. The zero-order valence-electron chi connectivity index (χ0n) is 16.8. The molecular formula is C21H27Cl2N5O2. The Balaban J connectivity index is 1.58. The number of aliphatic hydroxyl groups excluding tert-OH is 1. The average Bonchev–Trinajstić information content (AvgIpc) is 2.71. The topological polar surface area (TPSA) is 104 Å². The van der Waals surface area contributed by atoms with E-state index in [9.17, 15) is 9.90 Å². The number of nitrogens with one attached hydrogen (secondary N) is 1. The number of hydrogen-bond acceptors (Lipinski definition) is 7. The summed E-state index contributed by atoms with van der Waals surface area (Å²) in [6.07, 6.45) is 5.19. The maximum atomic E-state index is 12.5. The molecule has 0 unspecified atom stereocenters. The minimum atomic E-state index is 0.0930. The van der Waals surface area contributed by atoms with Gasteiger partial charge in [0, 0.05) is 47.4 Å². The first kappa shape index (κ1) is 22.6. The van der Waals surface area contributed by atoms with Crippen molar-refractivity contribution in [2.45, 2.75) is 32.1 Å². The number of ketones is 1. The Morgan fingerprint density at radius 1 is 1.27 bits per heavy atom. The number of Topliss-reactive ketones (excluding diaryl/α,β-unsaturated/α-hetero) is 1. The van der Waals surface area contributed by atoms with E-state index in [-0.39, 0.29) is 24.9 Å². The van der Waals surface area contributed by atoms with Crippen LogP contribution in [0.25, 0.3) is 0 Å². The van der Waals surface area contributed by atoms with Crippen molar-refractivity contribution in [3.63, 3.8) is 0 Å². The van der Waals surface area contributed by atoms with Gasteiger partial charge in [0.1, 0.15) is 18.0 Å². The smallest absolute Gasteiger partial charge is 0.152 e. The van der Waals surface area contributed by atoms with Gasteiger partial charge in [-0.2, -0.15) is 0 Å². The third-order valence-corrected chi connectivity index (χ3v) is 5.66. The van der Waals surface area contributed by atoms with Gasteiger partial charge in [-0.3, -0.25) is 4.79 Å². The molecule has 162 valence electrons. The van der Waals surface area contributed by atoms with E-state index in [0.717, 1.165) is 43.0 Å². The molecule has 0 radical (unpaired) electrons. The van der Waals surface area contributed by atoms with E-state index in [4.69, 9.17) is 28.9 Å². The van der Waals surface area contributed by atoms with Gasteiger partial charge >= 0.3 is 0 Å². The van der Waals surface area contributed by atoms with Crippen molar-refractivity contribution < 1.29 is 9.90 Å². The molecule has 2 heterocycles. The Kier molecular flexibility index (Phi) is 8.13. The molecule has 1 aliphatic rings. The molecule has 1 saturated heterocycles. The van der Waals surface area contributed by atoms with Crippen molar-refractivity contribution in [3.05, 3.63) is 40.1 Å². The highest BCUT2D eigenvalue weighted by Crippen LogP contribution is 2.29. The summed E-state index contributed by atoms with van der Waals surface area (Å²) in [5, 5.41) is 13.3. The number of benzene rings is 1. The van der Waals surface area contributed by atoms with Crippen LogP contribution in [0.2, 0.25) is 10.0 Å². The molecular weight excluding hydrogens is 425 g/mol. The molecule has 1 fully saturated rings. The van der Waals surface area contributed by atoms with Crippen LogP contribution in [0, 0.1) is 5.92 Å². The van der Waals surface area contributed by atoms with Crippen molar-refractivity contribution in [2.24, 2.45) is 5.92 Å². The van der Waals surface area contributed by atoms with Gasteiger partial charge in [0.2, 0.25) is 0 Å². The molecule has 0 aliphatic carbocycles. The van der Waals surface area contributed by atoms with E-state index in [1.165, 1.54) is 6.33 Å². The highest BCUT2D eigenvalue weighted by Gasteiger charge is 2.25. The monoisotopic (exact) mass is 451 g/mol. The summed E-state index contributed by atoms with van der Waals surface area (Å²) in [5.74, 6) is 1.66. The third kappa shape index (κ3) is 6.20. The van der Waals surface area contributed by atoms with Crippen LogP contribution in [-0.4, -0.2) is 47.1 Å². The molecule has 0 amide bonds. The van der Waals surface area contributed by atoms with Gasteiger partial charge in [0.25, 0.3) is 0 Å². The van der Waals surface area contributed by atoms with E-state index >= 15 is 0 Å².